The molecule has 1 heteroatoms. The molecular weight excluding hydrogens is 170 g/mol. The molecular formula is C13H18N+. The van der Waals surface area contributed by atoms with Crippen molar-refractivity contribution in [1.29, 1.82) is 0 Å². The minimum absolute atomic E-state index is 1.05. The topological polar surface area (TPSA) is 0 Å². The predicted octanol–water partition coefficient (Wildman–Crippen LogP) is 2.81. The number of hydrogen-bond acceptors (Lipinski definition) is 0. The average molecular weight is 188 g/mol. The smallest absolute Gasteiger partial charge is 0.132 e. The lowest BCUT2D eigenvalue weighted by Gasteiger charge is -2.48. The number of benzene rings is 1. The maximum Gasteiger partial charge on any atom is 0.132 e. The molecule has 4 rings (SSSR count). The number of rotatable bonds is 1. The van der Waals surface area contributed by atoms with Gasteiger partial charge in [0, 0.05) is 19.3 Å². The molecule has 3 heterocycles. The van der Waals surface area contributed by atoms with Gasteiger partial charge in [-0.05, 0) is 18.1 Å². The molecule has 3 fully saturated rings. The van der Waals surface area contributed by atoms with Crippen molar-refractivity contribution in [2.75, 3.05) is 19.6 Å². The fourth-order valence-electron chi connectivity index (χ4n) is 3.19. The quantitative estimate of drug-likeness (QED) is 0.594. The summed E-state index contributed by atoms with van der Waals surface area (Å²) in [5.41, 5.74) is 1.55. The first-order chi connectivity index (χ1) is 6.89. The van der Waals surface area contributed by atoms with Crippen molar-refractivity contribution >= 4 is 5.69 Å². The van der Waals surface area contributed by atoms with Crippen LogP contribution in [0.4, 0.5) is 5.69 Å². The highest BCUT2D eigenvalue weighted by atomic mass is 15.4. The van der Waals surface area contributed by atoms with Gasteiger partial charge in [0.15, 0.2) is 0 Å². The van der Waals surface area contributed by atoms with Crippen molar-refractivity contribution < 1.29 is 0 Å². The van der Waals surface area contributed by atoms with Gasteiger partial charge in [0.05, 0.1) is 19.6 Å². The first-order valence-corrected chi connectivity index (χ1v) is 5.81. The lowest BCUT2D eigenvalue weighted by molar-refractivity contribution is 0.114. The summed E-state index contributed by atoms with van der Waals surface area (Å²) in [6, 6.07) is 11.1. The Morgan fingerprint density at radius 2 is 1.43 bits per heavy atom. The highest BCUT2D eigenvalue weighted by Gasteiger charge is 2.40. The van der Waals surface area contributed by atoms with Crippen LogP contribution in [0.15, 0.2) is 30.3 Å². The second-order valence-corrected chi connectivity index (χ2v) is 4.88. The second-order valence-electron chi connectivity index (χ2n) is 4.88. The fourth-order valence-corrected chi connectivity index (χ4v) is 3.19. The molecule has 0 aromatic heterocycles. The monoisotopic (exact) mass is 188 g/mol. The summed E-state index contributed by atoms with van der Waals surface area (Å²) in [4.78, 5) is 0. The summed E-state index contributed by atoms with van der Waals surface area (Å²) in [5, 5.41) is 0. The van der Waals surface area contributed by atoms with E-state index in [1.54, 1.807) is 5.69 Å². The Hall–Kier alpha value is -0.820. The molecule has 1 nitrogen and oxygen atoms in total. The zero-order chi connectivity index (χ0) is 9.43. The highest BCUT2D eigenvalue weighted by molar-refractivity contribution is 5.43. The maximum absolute atomic E-state index is 2.31. The van der Waals surface area contributed by atoms with E-state index in [0.717, 1.165) is 5.92 Å². The Kier molecular flexibility index (Phi) is 1.88. The third kappa shape index (κ3) is 1.19. The Morgan fingerprint density at radius 1 is 0.857 bits per heavy atom. The van der Waals surface area contributed by atoms with Gasteiger partial charge in [0.2, 0.25) is 0 Å². The lowest BCUT2D eigenvalue weighted by atomic mass is 9.85. The van der Waals surface area contributed by atoms with Crippen molar-refractivity contribution in [3.8, 4) is 0 Å². The molecule has 74 valence electrons. The van der Waals surface area contributed by atoms with E-state index in [9.17, 15) is 0 Å². The molecule has 0 amide bonds. The van der Waals surface area contributed by atoms with Crippen LogP contribution in [-0.4, -0.2) is 19.6 Å². The summed E-state index contributed by atoms with van der Waals surface area (Å²) in [6.07, 6.45) is 4.36. The van der Waals surface area contributed by atoms with E-state index in [2.05, 4.69) is 30.3 Å². The SMILES string of the molecule is c1ccc([N+]23CCC(CC2)CC3)cc1. The summed E-state index contributed by atoms with van der Waals surface area (Å²) in [6.45, 7) is 4.15. The molecule has 0 N–H and O–H groups in total. The van der Waals surface area contributed by atoms with Gasteiger partial charge in [0.1, 0.15) is 5.69 Å². The first kappa shape index (κ1) is 8.49. The van der Waals surface area contributed by atoms with E-state index in [1.165, 1.54) is 43.4 Å². The third-order valence-corrected chi connectivity index (χ3v) is 4.20. The van der Waals surface area contributed by atoms with E-state index < -0.39 is 0 Å². The van der Waals surface area contributed by atoms with Crippen molar-refractivity contribution in [1.82, 2.24) is 4.48 Å². The van der Waals surface area contributed by atoms with Crippen LogP contribution in [0, 0.1) is 5.92 Å². The van der Waals surface area contributed by atoms with Crippen LogP contribution >= 0.6 is 0 Å². The largest absolute Gasteiger partial charge is 0.291 e. The molecule has 3 aliphatic rings. The Balaban J connectivity index is 1.96. The zero-order valence-corrected chi connectivity index (χ0v) is 8.65. The predicted molar refractivity (Wildman–Crippen MR) is 60.2 cm³/mol. The molecule has 2 bridgehead atoms. The normalized spacial score (nSPS) is 35.9. The molecule has 0 unspecified atom stereocenters. The summed E-state index contributed by atoms with van der Waals surface area (Å²) in [5.74, 6) is 1.05. The van der Waals surface area contributed by atoms with E-state index in [-0.39, 0.29) is 0 Å². The molecule has 0 spiro atoms. The highest BCUT2D eigenvalue weighted by Crippen LogP contribution is 2.37. The second kappa shape index (κ2) is 3.09. The summed E-state index contributed by atoms with van der Waals surface area (Å²) < 4.78 is 1.28. The van der Waals surface area contributed by atoms with E-state index in [4.69, 9.17) is 0 Å². The number of quaternary nitrogens is 1. The standard InChI is InChI=1S/C13H18N/c1-2-4-13(5-3-1)14-9-6-12(7-10-14)8-11-14/h1-5,12H,6-11H2/q+1. The van der Waals surface area contributed by atoms with Crippen molar-refractivity contribution in [3.05, 3.63) is 30.3 Å². The molecule has 0 saturated carbocycles. The fraction of sp³-hybridized carbons (Fsp3) is 0.538. The van der Waals surface area contributed by atoms with Gasteiger partial charge < -0.3 is 0 Å². The molecule has 0 atom stereocenters. The van der Waals surface area contributed by atoms with Gasteiger partial charge in [-0.2, -0.15) is 0 Å². The van der Waals surface area contributed by atoms with Gasteiger partial charge in [0.25, 0.3) is 0 Å². The zero-order valence-electron chi connectivity index (χ0n) is 8.65. The van der Waals surface area contributed by atoms with E-state index in [0.29, 0.717) is 0 Å². The molecule has 3 saturated heterocycles. The van der Waals surface area contributed by atoms with Crippen LogP contribution in [0.25, 0.3) is 0 Å². The van der Waals surface area contributed by atoms with Crippen LogP contribution in [0.5, 0.6) is 0 Å². The summed E-state index contributed by atoms with van der Waals surface area (Å²) >= 11 is 0. The number of para-hydroxylation sites is 1. The van der Waals surface area contributed by atoms with Crippen molar-refractivity contribution in [3.63, 3.8) is 0 Å². The number of nitrogens with zero attached hydrogens (tertiary/aromatic N) is 1. The molecule has 14 heavy (non-hydrogen) atoms. The third-order valence-electron chi connectivity index (χ3n) is 4.20. The number of fused-ring (bicyclic) bond motifs is 3. The molecule has 0 radical (unpaired) electrons. The van der Waals surface area contributed by atoms with Crippen LogP contribution in [0.2, 0.25) is 0 Å². The first-order valence-electron chi connectivity index (χ1n) is 5.81. The van der Waals surface area contributed by atoms with Gasteiger partial charge in [-0.3, -0.25) is 4.48 Å². The minimum atomic E-state index is 1.05. The molecule has 0 aliphatic carbocycles. The van der Waals surface area contributed by atoms with Crippen LogP contribution in [0.3, 0.4) is 0 Å². The molecule has 1 aromatic rings. The van der Waals surface area contributed by atoms with E-state index >= 15 is 0 Å². The van der Waals surface area contributed by atoms with Crippen LogP contribution in [-0.2, 0) is 0 Å². The Labute approximate surface area is 85.9 Å². The van der Waals surface area contributed by atoms with Crippen molar-refractivity contribution in [2.45, 2.75) is 19.3 Å². The van der Waals surface area contributed by atoms with Gasteiger partial charge in [-0.25, -0.2) is 0 Å². The minimum Gasteiger partial charge on any atom is -0.291 e. The number of hydrogen-bond donors (Lipinski definition) is 0. The van der Waals surface area contributed by atoms with Crippen LogP contribution in [0.1, 0.15) is 19.3 Å². The van der Waals surface area contributed by atoms with Gasteiger partial charge >= 0.3 is 0 Å². The van der Waals surface area contributed by atoms with Crippen molar-refractivity contribution in [2.24, 2.45) is 5.92 Å². The van der Waals surface area contributed by atoms with E-state index in [1.807, 2.05) is 0 Å². The van der Waals surface area contributed by atoms with Crippen LogP contribution < -0.4 is 4.48 Å². The molecule has 1 aromatic carbocycles. The molecule has 3 aliphatic heterocycles. The Morgan fingerprint density at radius 3 is 2.00 bits per heavy atom. The average Bonchev–Trinajstić information content (AvgIpc) is 2.33. The number of piperidine rings is 3. The maximum atomic E-state index is 2.31. The Bertz CT molecular complexity index is 295. The van der Waals surface area contributed by atoms with Gasteiger partial charge in [-0.1, -0.05) is 18.2 Å². The van der Waals surface area contributed by atoms with Gasteiger partial charge in [-0.15, -0.1) is 0 Å². The lowest BCUT2D eigenvalue weighted by Crippen LogP contribution is -2.59. The summed E-state index contributed by atoms with van der Waals surface area (Å²) in [7, 11) is 0.